The predicted octanol–water partition coefficient (Wildman–Crippen LogP) is 3.79. The lowest BCUT2D eigenvalue weighted by atomic mass is 9.76. The number of hydrogen-bond acceptors (Lipinski definition) is 2. The zero-order chi connectivity index (χ0) is 14.0. The van der Waals surface area contributed by atoms with Gasteiger partial charge in [-0.15, -0.1) is 0 Å². The van der Waals surface area contributed by atoms with E-state index < -0.39 is 0 Å². The van der Waals surface area contributed by atoms with Crippen molar-refractivity contribution in [3.63, 3.8) is 0 Å². The van der Waals surface area contributed by atoms with Crippen molar-refractivity contribution in [3.8, 4) is 0 Å². The second-order valence-electron chi connectivity index (χ2n) is 6.20. The first-order valence-corrected chi connectivity index (χ1v) is 7.63. The Kier molecular flexibility index (Phi) is 4.64. The van der Waals surface area contributed by atoms with Crippen molar-refractivity contribution < 1.29 is 4.39 Å². The predicted molar refractivity (Wildman–Crippen MR) is 80.0 cm³/mol. The standard InChI is InChI=1S/C15H22BrFN2/c1-15(2)7-3-4-12(15)14(19-18)8-10-5-6-11(16)9-13(10)17/h5-6,9,12,14,19H,3-4,7-8,18H2,1-2H3. The van der Waals surface area contributed by atoms with Crippen molar-refractivity contribution in [2.75, 3.05) is 0 Å². The number of hydrazine groups is 1. The molecular weight excluding hydrogens is 307 g/mol. The number of rotatable bonds is 4. The summed E-state index contributed by atoms with van der Waals surface area (Å²) in [6.07, 6.45) is 4.26. The lowest BCUT2D eigenvalue weighted by Gasteiger charge is -2.34. The van der Waals surface area contributed by atoms with Crippen LogP contribution in [0.5, 0.6) is 0 Å². The molecule has 1 fully saturated rings. The Hall–Kier alpha value is -0.450. The summed E-state index contributed by atoms with van der Waals surface area (Å²) in [5.74, 6) is 6.06. The Morgan fingerprint density at radius 2 is 2.26 bits per heavy atom. The van der Waals surface area contributed by atoms with Crippen LogP contribution < -0.4 is 11.3 Å². The lowest BCUT2D eigenvalue weighted by Crippen LogP contribution is -2.46. The molecule has 0 aliphatic heterocycles. The third kappa shape index (κ3) is 3.36. The summed E-state index contributed by atoms with van der Waals surface area (Å²) in [7, 11) is 0. The molecule has 1 aliphatic rings. The van der Waals surface area contributed by atoms with Gasteiger partial charge in [-0.25, -0.2) is 4.39 Å². The maximum atomic E-state index is 13.9. The van der Waals surface area contributed by atoms with E-state index in [-0.39, 0.29) is 17.3 Å². The summed E-state index contributed by atoms with van der Waals surface area (Å²) in [5.41, 5.74) is 3.92. The van der Waals surface area contributed by atoms with Crippen LogP contribution in [0.25, 0.3) is 0 Å². The van der Waals surface area contributed by atoms with Crippen molar-refractivity contribution in [1.29, 1.82) is 0 Å². The fourth-order valence-corrected chi connectivity index (χ4v) is 3.67. The first kappa shape index (κ1) is 14.9. The summed E-state index contributed by atoms with van der Waals surface area (Å²) in [4.78, 5) is 0. The normalized spacial score (nSPS) is 23.5. The first-order chi connectivity index (χ1) is 8.94. The summed E-state index contributed by atoms with van der Waals surface area (Å²) in [6, 6.07) is 5.37. The molecule has 0 aromatic heterocycles. The van der Waals surface area contributed by atoms with Crippen molar-refractivity contribution in [2.24, 2.45) is 17.2 Å². The fourth-order valence-electron chi connectivity index (χ4n) is 3.34. The molecule has 0 amide bonds. The number of nitrogens with one attached hydrogen (secondary N) is 1. The summed E-state index contributed by atoms with van der Waals surface area (Å²) >= 11 is 3.28. The molecule has 2 rings (SSSR count). The molecule has 106 valence electrons. The van der Waals surface area contributed by atoms with Crippen LogP contribution in [0.1, 0.15) is 38.7 Å². The Bertz CT molecular complexity index is 448. The molecule has 0 heterocycles. The quantitative estimate of drug-likeness (QED) is 0.651. The first-order valence-electron chi connectivity index (χ1n) is 6.84. The third-order valence-corrected chi connectivity index (χ3v) is 4.99. The van der Waals surface area contributed by atoms with Gasteiger partial charge in [0, 0.05) is 10.5 Å². The zero-order valence-electron chi connectivity index (χ0n) is 11.5. The molecular formula is C15H22BrFN2. The number of benzene rings is 1. The van der Waals surface area contributed by atoms with E-state index in [1.165, 1.54) is 25.3 Å². The van der Waals surface area contributed by atoms with Crippen LogP contribution in [-0.2, 0) is 6.42 Å². The van der Waals surface area contributed by atoms with Gasteiger partial charge < -0.3 is 0 Å². The largest absolute Gasteiger partial charge is 0.271 e. The molecule has 2 atom stereocenters. The minimum Gasteiger partial charge on any atom is -0.271 e. The number of halogens is 2. The molecule has 0 saturated heterocycles. The molecule has 1 aliphatic carbocycles. The van der Waals surface area contributed by atoms with Crippen LogP contribution in [-0.4, -0.2) is 6.04 Å². The van der Waals surface area contributed by atoms with E-state index in [1.807, 2.05) is 12.1 Å². The Morgan fingerprint density at radius 3 is 2.79 bits per heavy atom. The number of hydrogen-bond donors (Lipinski definition) is 2. The van der Waals surface area contributed by atoms with Crippen molar-refractivity contribution >= 4 is 15.9 Å². The molecule has 1 saturated carbocycles. The van der Waals surface area contributed by atoms with Gasteiger partial charge >= 0.3 is 0 Å². The van der Waals surface area contributed by atoms with Crippen LogP contribution in [0, 0.1) is 17.2 Å². The smallest absolute Gasteiger partial charge is 0.127 e. The fraction of sp³-hybridized carbons (Fsp3) is 0.600. The molecule has 1 aromatic carbocycles. The van der Waals surface area contributed by atoms with E-state index in [9.17, 15) is 4.39 Å². The van der Waals surface area contributed by atoms with Gasteiger partial charge in [0.25, 0.3) is 0 Å². The number of nitrogens with two attached hydrogens (primary N) is 1. The average molecular weight is 329 g/mol. The maximum absolute atomic E-state index is 13.9. The molecule has 2 unspecified atom stereocenters. The van der Waals surface area contributed by atoms with Gasteiger partial charge in [-0.3, -0.25) is 11.3 Å². The van der Waals surface area contributed by atoms with Gasteiger partial charge in [0.15, 0.2) is 0 Å². The van der Waals surface area contributed by atoms with Gasteiger partial charge in [0.2, 0.25) is 0 Å². The molecule has 19 heavy (non-hydrogen) atoms. The summed E-state index contributed by atoms with van der Waals surface area (Å²) in [6.45, 7) is 4.57. The van der Waals surface area contributed by atoms with Gasteiger partial charge in [-0.1, -0.05) is 42.3 Å². The SMILES string of the molecule is CC1(C)CCCC1C(Cc1ccc(Br)cc1F)NN. The third-order valence-electron chi connectivity index (χ3n) is 4.49. The van der Waals surface area contributed by atoms with Crippen LogP contribution in [0.15, 0.2) is 22.7 Å². The highest BCUT2D eigenvalue weighted by Gasteiger charge is 2.39. The molecule has 3 N–H and O–H groups in total. The molecule has 0 spiro atoms. The highest BCUT2D eigenvalue weighted by Crippen LogP contribution is 2.44. The van der Waals surface area contributed by atoms with E-state index in [0.717, 1.165) is 10.0 Å². The molecule has 1 aromatic rings. The van der Waals surface area contributed by atoms with Crippen molar-refractivity contribution in [2.45, 2.75) is 45.6 Å². The average Bonchev–Trinajstić information content (AvgIpc) is 2.68. The molecule has 0 bridgehead atoms. The van der Waals surface area contributed by atoms with E-state index in [0.29, 0.717) is 12.3 Å². The van der Waals surface area contributed by atoms with Gasteiger partial charge in [0.05, 0.1) is 0 Å². The van der Waals surface area contributed by atoms with Gasteiger partial charge in [-0.05, 0) is 48.3 Å². The van der Waals surface area contributed by atoms with Gasteiger partial charge in [0.1, 0.15) is 5.82 Å². The Balaban J connectivity index is 2.15. The summed E-state index contributed by atoms with van der Waals surface area (Å²) in [5, 5.41) is 0. The van der Waals surface area contributed by atoms with Gasteiger partial charge in [-0.2, -0.15) is 0 Å². The highest BCUT2D eigenvalue weighted by atomic mass is 79.9. The lowest BCUT2D eigenvalue weighted by molar-refractivity contribution is 0.195. The van der Waals surface area contributed by atoms with E-state index in [1.54, 1.807) is 0 Å². The highest BCUT2D eigenvalue weighted by molar-refractivity contribution is 9.10. The second kappa shape index (κ2) is 5.90. The van der Waals surface area contributed by atoms with Crippen LogP contribution >= 0.6 is 15.9 Å². The monoisotopic (exact) mass is 328 g/mol. The second-order valence-corrected chi connectivity index (χ2v) is 7.12. The Morgan fingerprint density at radius 1 is 1.53 bits per heavy atom. The summed E-state index contributed by atoms with van der Waals surface area (Å²) < 4.78 is 14.7. The minimum absolute atomic E-state index is 0.133. The van der Waals surface area contributed by atoms with E-state index in [2.05, 4.69) is 35.2 Å². The minimum atomic E-state index is -0.162. The van der Waals surface area contributed by atoms with E-state index in [4.69, 9.17) is 5.84 Å². The molecule has 4 heteroatoms. The van der Waals surface area contributed by atoms with Crippen molar-refractivity contribution in [1.82, 2.24) is 5.43 Å². The van der Waals surface area contributed by atoms with Crippen LogP contribution in [0.2, 0.25) is 0 Å². The molecule has 2 nitrogen and oxygen atoms in total. The van der Waals surface area contributed by atoms with E-state index >= 15 is 0 Å². The maximum Gasteiger partial charge on any atom is 0.127 e. The Labute approximate surface area is 123 Å². The molecule has 0 radical (unpaired) electrons. The topological polar surface area (TPSA) is 38.0 Å². The van der Waals surface area contributed by atoms with Crippen molar-refractivity contribution in [3.05, 3.63) is 34.1 Å². The van der Waals surface area contributed by atoms with Crippen LogP contribution in [0.3, 0.4) is 0 Å². The zero-order valence-corrected chi connectivity index (χ0v) is 13.1. The van der Waals surface area contributed by atoms with Crippen LogP contribution in [0.4, 0.5) is 4.39 Å².